The number of carbonyl (C=O) groups is 1. The Morgan fingerprint density at radius 3 is 2.10 bits per heavy atom. The van der Waals surface area contributed by atoms with Crippen molar-refractivity contribution in [1.29, 1.82) is 0 Å². The van der Waals surface area contributed by atoms with E-state index in [9.17, 15) is 18.0 Å². The summed E-state index contributed by atoms with van der Waals surface area (Å²) in [5.41, 5.74) is -0.179. The Morgan fingerprint density at radius 1 is 1.20 bits per heavy atom. The Labute approximate surface area is 120 Å². The minimum atomic E-state index is -4.56. The van der Waals surface area contributed by atoms with Crippen LogP contribution in [-0.2, 0) is 4.79 Å². The summed E-state index contributed by atoms with van der Waals surface area (Å²) in [6, 6.07) is 5.72. The van der Waals surface area contributed by atoms with E-state index in [1.165, 1.54) is 29.2 Å². The number of hydrogen-bond donors (Lipinski definition) is 0. The number of halogens is 4. The lowest BCUT2D eigenvalue weighted by Gasteiger charge is -2.21. The lowest BCUT2D eigenvalue weighted by molar-refractivity contribution is -0.125. The van der Waals surface area contributed by atoms with Crippen LogP contribution in [0.4, 0.5) is 13.2 Å². The summed E-state index contributed by atoms with van der Waals surface area (Å²) in [6.45, 7) is 4.12. The summed E-state index contributed by atoms with van der Waals surface area (Å²) in [5, 5.41) is 0.399. The zero-order chi connectivity index (χ0) is 15.3. The van der Waals surface area contributed by atoms with E-state index in [2.05, 4.69) is 0 Å². The van der Waals surface area contributed by atoms with E-state index in [1.54, 1.807) is 13.8 Å². The predicted molar refractivity (Wildman–Crippen MR) is 73.4 cm³/mol. The highest BCUT2D eigenvalue weighted by atomic mass is 35.5. The Morgan fingerprint density at radius 2 is 1.70 bits per heavy atom. The predicted octanol–water partition coefficient (Wildman–Crippen LogP) is 4.15. The molecule has 0 atom stereocenters. The minimum Gasteiger partial charge on any atom is -0.339 e. The molecule has 0 N–H and O–H groups in total. The van der Waals surface area contributed by atoms with Crippen molar-refractivity contribution in [2.75, 3.05) is 13.1 Å². The number of rotatable bonds is 4. The number of nitrogens with zero attached hydrogens (tertiary/aromatic N) is 1. The Bertz CT molecular complexity index is 490. The van der Waals surface area contributed by atoms with Gasteiger partial charge in [-0.25, -0.2) is 0 Å². The molecule has 0 fully saturated rings. The number of allylic oxidation sites excluding steroid dienone is 1. The highest BCUT2D eigenvalue weighted by Crippen LogP contribution is 2.26. The van der Waals surface area contributed by atoms with E-state index in [0.717, 1.165) is 0 Å². The number of hydrogen-bond acceptors (Lipinski definition) is 1. The Kier molecular flexibility index (Phi) is 5.62. The van der Waals surface area contributed by atoms with E-state index in [1.807, 2.05) is 0 Å². The van der Waals surface area contributed by atoms with E-state index in [4.69, 9.17) is 11.6 Å². The van der Waals surface area contributed by atoms with Crippen molar-refractivity contribution >= 4 is 23.1 Å². The van der Waals surface area contributed by atoms with Crippen LogP contribution in [0.2, 0.25) is 5.02 Å². The minimum absolute atomic E-state index is 0.0386. The van der Waals surface area contributed by atoms with Gasteiger partial charge in [0, 0.05) is 24.2 Å². The fourth-order valence-electron chi connectivity index (χ4n) is 1.74. The van der Waals surface area contributed by atoms with Gasteiger partial charge in [0.1, 0.15) is 0 Å². The van der Waals surface area contributed by atoms with Crippen LogP contribution in [0.15, 0.2) is 30.3 Å². The lowest BCUT2D eigenvalue weighted by atomic mass is 10.0. The molecule has 0 unspecified atom stereocenters. The van der Waals surface area contributed by atoms with Crippen molar-refractivity contribution in [2.45, 2.75) is 20.0 Å². The van der Waals surface area contributed by atoms with Gasteiger partial charge in [0.25, 0.3) is 5.91 Å². The molecule has 1 aromatic rings. The molecule has 0 heterocycles. The maximum absolute atomic E-state index is 12.6. The first-order chi connectivity index (χ1) is 9.28. The average Bonchev–Trinajstić information content (AvgIpc) is 2.37. The van der Waals surface area contributed by atoms with Crippen molar-refractivity contribution in [3.8, 4) is 0 Å². The molecular formula is C14H15ClF3NO. The van der Waals surface area contributed by atoms with Crippen LogP contribution < -0.4 is 0 Å². The third kappa shape index (κ3) is 4.56. The van der Waals surface area contributed by atoms with Crippen LogP contribution in [0.1, 0.15) is 19.4 Å². The third-order valence-electron chi connectivity index (χ3n) is 2.74. The van der Waals surface area contributed by atoms with Crippen molar-refractivity contribution in [3.05, 3.63) is 40.9 Å². The molecule has 0 aliphatic rings. The van der Waals surface area contributed by atoms with Gasteiger partial charge in [-0.15, -0.1) is 0 Å². The van der Waals surface area contributed by atoms with Crippen LogP contribution in [0.25, 0.3) is 5.57 Å². The van der Waals surface area contributed by atoms with E-state index in [0.29, 0.717) is 18.1 Å². The van der Waals surface area contributed by atoms with Gasteiger partial charge in [0.2, 0.25) is 0 Å². The monoisotopic (exact) mass is 305 g/mol. The molecule has 0 spiro atoms. The smallest absolute Gasteiger partial charge is 0.339 e. The first-order valence-corrected chi connectivity index (χ1v) is 6.51. The lowest BCUT2D eigenvalue weighted by Crippen LogP contribution is -2.31. The molecule has 0 aromatic heterocycles. The second kappa shape index (κ2) is 6.79. The number of carbonyl (C=O) groups excluding carboxylic acids is 1. The van der Waals surface area contributed by atoms with Gasteiger partial charge in [0.05, 0.1) is 5.57 Å². The van der Waals surface area contributed by atoms with Crippen molar-refractivity contribution in [1.82, 2.24) is 4.90 Å². The van der Waals surface area contributed by atoms with Crippen LogP contribution in [0.5, 0.6) is 0 Å². The van der Waals surface area contributed by atoms with E-state index in [-0.39, 0.29) is 17.2 Å². The SMILES string of the molecule is CCN(CC)C(=O)/C(=C\C(F)(F)F)c1ccc(Cl)cc1. The van der Waals surface area contributed by atoms with Gasteiger partial charge in [-0.05, 0) is 31.5 Å². The number of alkyl halides is 3. The molecular weight excluding hydrogens is 291 g/mol. The second-order valence-corrected chi connectivity index (χ2v) is 4.52. The molecule has 2 nitrogen and oxygen atoms in total. The van der Waals surface area contributed by atoms with E-state index >= 15 is 0 Å². The van der Waals surface area contributed by atoms with Gasteiger partial charge in [-0.1, -0.05) is 23.7 Å². The number of benzene rings is 1. The first kappa shape index (κ1) is 16.6. The van der Waals surface area contributed by atoms with Gasteiger partial charge in [-0.2, -0.15) is 13.2 Å². The molecule has 0 saturated carbocycles. The molecule has 0 radical (unpaired) electrons. The summed E-state index contributed by atoms with van der Waals surface area (Å²) >= 11 is 5.71. The molecule has 0 bridgehead atoms. The highest BCUT2D eigenvalue weighted by molar-refractivity contribution is 6.30. The standard InChI is InChI=1S/C14H15ClF3NO/c1-3-19(4-2)13(20)12(9-14(16,17)18)10-5-7-11(15)8-6-10/h5-9H,3-4H2,1-2H3/b12-9-. The quantitative estimate of drug-likeness (QED) is 0.765. The fourth-order valence-corrected chi connectivity index (χ4v) is 1.87. The normalized spacial score (nSPS) is 12.4. The van der Waals surface area contributed by atoms with Crippen molar-refractivity contribution < 1.29 is 18.0 Å². The number of amides is 1. The van der Waals surface area contributed by atoms with Gasteiger partial charge in [-0.3, -0.25) is 4.79 Å². The molecule has 20 heavy (non-hydrogen) atoms. The van der Waals surface area contributed by atoms with Crippen molar-refractivity contribution in [2.24, 2.45) is 0 Å². The first-order valence-electron chi connectivity index (χ1n) is 6.13. The molecule has 1 aromatic carbocycles. The van der Waals surface area contributed by atoms with Gasteiger partial charge >= 0.3 is 6.18 Å². The van der Waals surface area contributed by atoms with Crippen LogP contribution in [0, 0.1) is 0 Å². The fraction of sp³-hybridized carbons (Fsp3) is 0.357. The molecule has 1 rings (SSSR count). The highest BCUT2D eigenvalue weighted by Gasteiger charge is 2.29. The van der Waals surface area contributed by atoms with Crippen molar-refractivity contribution in [3.63, 3.8) is 0 Å². The molecule has 0 aliphatic heterocycles. The summed E-state index contributed by atoms with van der Waals surface area (Å²) < 4.78 is 37.9. The second-order valence-electron chi connectivity index (χ2n) is 4.08. The zero-order valence-electron chi connectivity index (χ0n) is 11.2. The Hall–Kier alpha value is -1.49. The van der Waals surface area contributed by atoms with E-state index < -0.39 is 12.1 Å². The molecule has 1 amide bonds. The largest absolute Gasteiger partial charge is 0.410 e. The third-order valence-corrected chi connectivity index (χ3v) is 3.00. The summed E-state index contributed by atoms with van der Waals surface area (Å²) in [6.07, 6.45) is -4.52. The zero-order valence-corrected chi connectivity index (χ0v) is 11.9. The van der Waals surface area contributed by atoms with Crippen LogP contribution >= 0.6 is 11.6 Å². The topological polar surface area (TPSA) is 20.3 Å². The Balaban J connectivity index is 3.26. The molecule has 110 valence electrons. The summed E-state index contributed by atoms with van der Waals surface area (Å²) in [7, 11) is 0. The van der Waals surface area contributed by atoms with Crippen LogP contribution in [0.3, 0.4) is 0 Å². The number of likely N-dealkylation sites (N-methyl/N-ethyl adjacent to an activating group) is 1. The molecule has 0 aliphatic carbocycles. The van der Waals surface area contributed by atoms with Gasteiger partial charge in [0.15, 0.2) is 0 Å². The van der Waals surface area contributed by atoms with Crippen LogP contribution in [-0.4, -0.2) is 30.1 Å². The molecule has 6 heteroatoms. The molecule has 0 saturated heterocycles. The maximum Gasteiger partial charge on any atom is 0.410 e. The summed E-state index contributed by atoms with van der Waals surface area (Å²) in [5.74, 6) is -0.644. The summed E-state index contributed by atoms with van der Waals surface area (Å²) in [4.78, 5) is 13.5. The maximum atomic E-state index is 12.6. The average molecular weight is 306 g/mol. The van der Waals surface area contributed by atoms with Gasteiger partial charge < -0.3 is 4.90 Å².